The summed E-state index contributed by atoms with van der Waals surface area (Å²) < 4.78 is 5.60. The molecular formula is C18H32IN5O. The summed E-state index contributed by atoms with van der Waals surface area (Å²) in [5.74, 6) is 1.63. The number of likely N-dealkylation sites (tertiary alicyclic amines) is 1. The molecule has 25 heavy (non-hydrogen) atoms. The minimum Gasteiger partial charge on any atom is -0.490 e. The van der Waals surface area contributed by atoms with Gasteiger partial charge in [0.05, 0.1) is 12.7 Å². The van der Waals surface area contributed by atoms with E-state index in [1.165, 1.54) is 45.3 Å². The van der Waals surface area contributed by atoms with Crippen LogP contribution in [0.15, 0.2) is 29.5 Å². The number of nitrogens with zero attached hydrogens (tertiary/aromatic N) is 3. The number of pyridine rings is 1. The molecule has 1 aliphatic rings. The molecule has 2 heterocycles. The second kappa shape index (κ2) is 14.1. The Morgan fingerprint density at radius 3 is 2.64 bits per heavy atom. The number of hydrogen-bond acceptors (Lipinski definition) is 4. The van der Waals surface area contributed by atoms with E-state index < -0.39 is 0 Å². The number of ether oxygens (including phenoxy) is 1. The fraction of sp³-hybridized carbons (Fsp3) is 0.667. The zero-order chi connectivity index (χ0) is 16.9. The zero-order valence-corrected chi connectivity index (χ0v) is 17.6. The van der Waals surface area contributed by atoms with Gasteiger partial charge in [0.15, 0.2) is 5.96 Å². The molecule has 1 aromatic heterocycles. The Bertz CT molecular complexity index is 464. The van der Waals surface area contributed by atoms with E-state index in [0.717, 1.165) is 24.7 Å². The first kappa shape index (κ1) is 22.0. The zero-order valence-electron chi connectivity index (χ0n) is 15.2. The smallest absolute Gasteiger partial charge is 0.191 e. The molecule has 1 fully saturated rings. The largest absolute Gasteiger partial charge is 0.490 e. The fourth-order valence-corrected chi connectivity index (χ4v) is 2.86. The van der Waals surface area contributed by atoms with Gasteiger partial charge in [-0.15, -0.1) is 24.0 Å². The lowest BCUT2D eigenvalue weighted by molar-refractivity contribution is 0.282. The predicted molar refractivity (Wildman–Crippen MR) is 114 cm³/mol. The van der Waals surface area contributed by atoms with Crippen molar-refractivity contribution in [2.24, 2.45) is 4.99 Å². The summed E-state index contributed by atoms with van der Waals surface area (Å²) in [5, 5.41) is 6.64. The average Bonchev–Trinajstić information content (AvgIpc) is 2.90. The number of nitrogens with one attached hydrogen (secondary N) is 2. The Kier molecular flexibility index (Phi) is 12.4. The van der Waals surface area contributed by atoms with Crippen LogP contribution < -0.4 is 15.4 Å². The van der Waals surface area contributed by atoms with Crippen LogP contribution in [0.25, 0.3) is 0 Å². The predicted octanol–water partition coefficient (Wildman–Crippen LogP) is 2.51. The van der Waals surface area contributed by atoms with Crippen LogP contribution in [0, 0.1) is 0 Å². The number of hydrogen-bond donors (Lipinski definition) is 2. The normalized spacial score (nSPS) is 15.8. The van der Waals surface area contributed by atoms with Crippen molar-refractivity contribution >= 4 is 29.9 Å². The fourth-order valence-electron chi connectivity index (χ4n) is 2.86. The molecule has 0 aliphatic carbocycles. The van der Waals surface area contributed by atoms with Gasteiger partial charge < -0.3 is 20.3 Å². The lowest BCUT2D eigenvalue weighted by Crippen LogP contribution is -2.40. The third-order valence-corrected chi connectivity index (χ3v) is 4.16. The minimum atomic E-state index is 0. The molecule has 1 saturated heterocycles. The average molecular weight is 461 g/mol. The van der Waals surface area contributed by atoms with Crippen molar-refractivity contribution in [3.05, 3.63) is 24.5 Å². The lowest BCUT2D eigenvalue weighted by Gasteiger charge is -2.20. The Morgan fingerprint density at radius 2 is 1.96 bits per heavy atom. The third kappa shape index (κ3) is 9.84. The number of rotatable bonds is 8. The van der Waals surface area contributed by atoms with E-state index in [9.17, 15) is 0 Å². The molecule has 142 valence electrons. The molecule has 0 unspecified atom stereocenters. The maximum atomic E-state index is 5.60. The van der Waals surface area contributed by atoms with E-state index in [0.29, 0.717) is 13.2 Å². The van der Waals surface area contributed by atoms with Crippen LogP contribution >= 0.6 is 24.0 Å². The molecule has 2 rings (SSSR count). The Morgan fingerprint density at radius 1 is 1.20 bits per heavy atom. The van der Waals surface area contributed by atoms with E-state index in [2.05, 4.69) is 25.5 Å². The van der Waals surface area contributed by atoms with Crippen molar-refractivity contribution < 1.29 is 4.74 Å². The molecule has 7 heteroatoms. The van der Waals surface area contributed by atoms with Crippen molar-refractivity contribution in [1.82, 2.24) is 20.5 Å². The summed E-state index contributed by atoms with van der Waals surface area (Å²) in [6, 6.07) is 3.77. The van der Waals surface area contributed by atoms with E-state index in [-0.39, 0.29) is 24.0 Å². The summed E-state index contributed by atoms with van der Waals surface area (Å²) in [7, 11) is 1.80. The molecule has 0 saturated carbocycles. The number of halogens is 1. The van der Waals surface area contributed by atoms with Crippen molar-refractivity contribution in [2.75, 3.05) is 46.4 Å². The standard InChI is InChI=1S/C18H31N5O.HI/c1-19-18(22-11-15-24-17-8-6-9-20-16-17)21-10-7-14-23-12-4-2-3-5-13-23;/h6,8-9,16H,2-5,7,10-15H2,1H3,(H2,19,21,22);1H. The monoisotopic (exact) mass is 461 g/mol. The highest BCUT2D eigenvalue weighted by Crippen LogP contribution is 2.09. The Balaban J connectivity index is 0.00000312. The number of aliphatic imine (C=N–C) groups is 1. The molecule has 0 spiro atoms. The number of guanidine groups is 1. The first-order valence-corrected chi connectivity index (χ1v) is 9.08. The summed E-state index contributed by atoms with van der Waals surface area (Å²) in [6.45, 7) is 5.94. The van der Waals surface area contributed by atoms with Crippen LogP contribution in [-0.2, 0) is 0 Å². The summed E-state index contributed by atoms with van der Waals surface area (Å²) >= 11 is 0. The SMILES string of the molecule is CN=C(NCCCN1CCCCCC1)NCCOc1cccnc1.I. The van der Waals surface area contributed by atoms with Gasteiger partial charge in [0.1, 0.15) is 12.4 Å². The second-order valence-corrected chi connectivity index (χ2v) is 6.07. The third-order valence-electron chi connectivity index (χ3n) is 4.16. The minimum absolute atomic E-state index is 0. The van der Waals surface area contributed by atoms with Gasteiger partial charge in [-0.05, 0) is 51.0 Å². The van der Waals surface area contributed by atoms with Crippen LogP contribution in [0.2, 0.25) is 0 Å². The first-order valence-electron chi connectivity index (χ1n) is 9.08. The summed E-state index contributed by atoms with van der Waals surface area (Å²) in [5.41, 5.74) is 0. The van der Waals surface area contributed by atoms with Gasteiger partial charge in [0.25, 0.3) is 0 Å². The highest BCUT2D eigenvalue weighted by molar-refractivity contribution is 14.0. The Hall–Kier alpha value is -1.09. The summed E-state index contributed by atoms with van der Waals surface area (Å²) in [6.07, 6.45) is 10.1. The van der Waals surface area contributed by atoms with E-state index >= 15 is 0 Å². The van der Waals surface area contributed by atoms with E-state index in [1.54, 1.807) is 19.4 Å². The maximum Gasteiger partial charge on any atom is 0.191 e. The molecule has 0 atom stereocenters. The molecule has 1 aromatic rings. The molecule has 1 aliphatic heterocycles. The van der Waals surface area contributed by atoms with Gasteiger partial charge in [-0.2, -0.15) is 0 Å². The first-order chi connectivity index (χ1) is 11.9. The maximum absolute atomic E-state index is 5.60. The van der Waals surface area contributed by atoms with Gasteiger partial charge in [-0.3, -0.25) is 9.98 Å². The molecular weight excluding hydrogens is 429 g/mol. The molecule has 0 amide bonds. The van der Waals surface area contributed by atoms with Crippen molar-refractivity contribution in [2.45, 2.75) is 32.1 Å². The van der Waals surface area contributed by atoms with Gasteiger partial charge in [-0.25, -0.2) is 0 Å². The van der Waals surface area contributed by atoms with Crippen LogP contribution in [-0.4, -0.2) is 62.2 Å². The van der Waals surface area contributed by atoms with Crippen molar-refractivity contribution in [1.29, 1.82) is 0 Å². The van der Waals surface area contributed by atoms with Crippen LogP contribution in [0.1, 0.15) is 32.1 Å². The van der Waals surface area contributed by atoms with E-state index in [1.807, 2.05) is 12.1 Å². The lowest BCUT2D eigenvalue weighted by atomic mass is 10.2. The quantitative estimate of drug-likeness (QED) is 0.270. The van der Waals surface area contributed by atoms with Gasteiger partial charge >= 0.3 is 0 Å². The molecule has 0 aromatic carbocycles. The van der Waals surface area contributed by atoms with Crippen molar-refractivity contribution in [3.63, 3.8) is 0 Å². The molecule has 0 radical (unpaired) electrons. The highest BCUT2D eigenvalue weighted by atomic mass is 127. The molecule has 2 N–H and O–H groups in total. The number of aromatic nitrogens is 1. The van der Waals surface area contributed by atoms with Crippen molar-refractivity contribution in [3.8, 4) is 5.75 Å². The topological polar surface area (TPSA) is 61.8 Å². The summed E-state index contributed by atoms with van der Waals surface area (Å²) in [4.78, 5) is 10.9. The Labute approximate surface area is 168 Å². The van der Waals surface area contributed by atoms with Gasteiger partial charge in [0.2, 0.25) is 0 Å². The molecule has 6 nitrogen and oxygen atoms in total. The van der Waals surface area contributed by atoms with Crippen LogP contribution in [0.4, 0.5) is 0 Å². The molecule has 0 bridgehead atoms. The van der Waals surface area contributed by atoms with Gasteiger partial charge in [0, 0.05) is 19.8 Å². The highest BCUT2D eigenvalue weighted by Gasteiger charge is 2.08. The van der Waals surface area contributed by atoms with E-state index in [4.69, 9.17) is 4.74 Å². The second-order valence-electron chi connectivity index (χ2n) is 6.07. The van der Waals surface area contributed by atoms with Crippen LogP contribution in [0.3, 0.4) is 0 Å². The van der Waals surface area contributed by atoms with Crippen LogP contribution in [0.5, 0.6) is 5.75 Å². The van der Waals surface area contributed by atoms with Gasteiger partial charge in [-0.1, -0.05) is 12.8 Å².